The third-order valence-corrected chi connectivity index (χ3v) is 6.82. The molecule has 1 aromatic heterocycles. The van der Waals surface area contributed by atoms with Crippen LogP contribution in [0.3, 0.4) is 0 Å². The fourth-order valence-electron chi connectivity index (χ4n) is 4.84. The lowest BCUT2D eigenvalue weighted by molar-refractivity contribution is -0.389. The normalized spacial score (nSPS) is 18.4. The van der Waals surface area contributed by atoms with Crippen LogP contribution >= 0.6 is 0 Å². The molecule has 3 aromatic rings. The molecule has 0 saturated carbocycles. The quantitative estimate of drug-likeness (QED) is 0.287. The molecule has 0 amide bonds. The highest BCUT2D eigenvalue weighted by Gasteiger charge is 2.31. The second-order valence-corrected chi connectivity index (χ2v) is 9.48. The Morgan fingerprint density at radius 2 is 1.68 bits per heavy atom. The van der Waals surface area contributed by atoms with Gasteiger partial charge in [0.05, 0.1) is 0 Å². The Labute approximate surface area is 216 Å². The zero-order valence-corrected chi connectivity index (χ0v) is 20.5. The van der Waals surface area contributed by atoms with Crippen molar-refractivity contribution in [3.8, 4) is 17.5 Å². The lowest BCUT2D eigenvalue weighted by Gasteiger charge is -2.32. The third-order valence-electron chi connectivity index (χ3n) is 6.82. The molecule has 0 N–H and O–H groups in total. The molecular formula is C26H27F3N4O5. The molecule has 1 fully saturated rings. The van der Waals surface area contributed by atoms with Gasteiger partial charge in [0.15, 0.2) is 0 Å². The van der Waals surface area contributed by atoms with Crippen molar-refractivity contribution in [3.05, 3.63) is 76.0 Å². The Bertz CT molecular complexity index is 1240. The van der Waals surface area contributed by atoms with Gasteiger partial charge in [-0.3, -0.25) is 9.47 Å². The summed E-state index contributed by atoms with van der Waals surface area (Å²) in [5, 5.41) is 10.9. The number of likely N-dealkylation sites (tertiary alicyclic amines) is 1. The molecule has 0 spiro atoms. The average Bonchev–Trinajstić information content (AvgIpc) is 3.32. The van der Waals surface area contributed by atoms with E-state index in [0.29, 0.717) is 31.2 Å². The molecule has 2 aliphatic rings. The topological polar surface area (TPSA) is 91.9 Å². The van der Waals surface area contributed by atoms with E-state index < -0.39 is 11.3 Å². The molecule has 9 nitrogen and oxygen atoms in total. The van der Waals surface area contributed by atoms with Gasteiger partial charge in [-0.05, 0) is 72.2 Å². The first-order valence-electron chi connectivity index (χ1n) is 12.4. The first kappa shape index (κ1) is 25.8. The second-order valence-electron chi connectivity index (χ2n) is 9.48. The molecule has 0 aliphatic carbocycles. The summed E-state index contributed by atoms with van der Waals surface area (Å²) >= 11 is 0. The summed E-state index contributed by atoms with van der Waals surface area (Å²) in [5.74, 6) is 0.605. The van der Waals surface area contributed by atoms with Gasteiger partial charge in [0.1, 0.15) is 30.4 Å². The average molecular weight is 533 g/mol. The fourth-order valence-corrected chi connectivity index (χ4v) is 4.84. The van der Waals surface area contributed by atoms with Gasteiger partial charge in [0.2, 0.25) is 0 Å². The van der Waals surface area contributed by atoms with Gasteiger partial charge in [-0.2, -0.15) is 0 Å². The van der Waals surface area contributed by atoms with Gasteiger partial charge in [-0.25, -0.2) is 0 Å². The van der Waals surface area contributed by atoms with Crippen molar-refractivity contribution < 1.29 is 32.3 Å². The summed E-state index contributed by atoms with van der Waals surface area (Å²) in [7, 11) is 0. The largest absolute Gasteiger partial charge is 0.573 e. The number of benzene rings is 2. The fraction of sp³-hybridized carbons (Fsp3) is 0.423. The number of nitro groups is 1. The first-order valence-corrected chi connectivity index (χ1v) is 12.4. The van der Waals surface area contributed by atoms with Crippen molar-refractivity contribution in [1.29, 1.82) is 0 Å². The number of nitrogens with zero attached hydrogens (tertiary/aromatic N) is 4. The summed E-state index contributed by atoms with van der Waals surface area (Å²) in [6.45, 7) is 3.50. The van der Waals surface area contributed by atoms with Crippen LogP contribution in [0, 0.1) is 10.1 Å². The lowest BCUT2D eigenvalue weighted by Crippen LogP contribution is -2.32. The van der Waals surface area contributed by atoms with Crippen molar-refractivity contribution in [1.82, 2.24) is 14.5 Å². The smallest absolute Gasteiger partial charge is 0.490 e. The highest BCUT2D eigenvalue weighted by molar-refractivity contribution is 5.30. The SMILES string of the molecule is O=[N+]([O-])c1cn2c(n1)OC(COc1ccc(CN3CCC(c4ccc(OC(F)(F)F)cc4)CC3)cc1)CC2. The minimum atomic E-state index is -4.68. The summed E-state index contributed by atoms with van der Waals surface area (Å²) in [4.78, 5) is 16.6. The highest BCUT2D eigenvalue weighted by atomic mass is 19.4. The van der Waals surface area contributed by atoms with Gasteiger partial charge in [0.25, 0.3) is 0 Å². The number of rotatable bonds is 8. The summed E-state index contributed by atoms with van der Waals surface area (Å²) in [6.07, 6.45) is -1.01. The number of aromatic nitrogens is 2. The predicted octanol–water partition coefficient (Wildman–Crippen LogP) is 5.30. The molecule has 3 heterocycles. The minimum Gasteiger partial charge on any atom is -0.490 e. The summed E-state index contributed by atoms with van der Waals surface area (Å²) in [5.41, 5.74) is 2.19. The van der Waals surface area contributed by atoms with Crippen LogP contribution in [0.15, 0.2) is 54.7 Å². The maximum Gasteiger partial charge on any atom is 0.573 e. The third kappa shape index (κ3) is 6.55. The molecule has 1 saturated heterocycles. The zero-order valence-electron chi connectivity index (χ0n) is 20.5. The van der Waals surface area contributed by atoms with E-state index in [0.717, 1.165) is 43.6 Å². The molecule has 5 rings (SSSR count). The number of piperidine rings is 1. The molecule has 0 radical (unpaired) electrons. The van der Waals surface area contributed by atoms with Crippen LogP contribution < -0.4 is 14.2 Å². The lowest BCUT2D eigenvalue weighted by atomic mass is 9.89. The minimum absolute atomic E-state index is 0.198. The van der Waals surface area contributed by atoms with E-state index in [2.05, 4.69) is 14.6 Å². The van der Waals surface area contributed by atoms with Crippen molar-refractivity contribution >= 4 is 5.82 Å². The van der Waals surface area contributed by atoms with E-state index in [1.165, 1.54) is 18.3 Å². The van der Waals surface area contributed by atoms with E-state index in [9.17, 15) is 23.3 Å². The Kier molecular flexibility index (Phi) is 7.41. The van der Waals surface area contributed by atoms with Gasteiger partial charge in [-0.15, -0.1) is 13.2 Å². The van der Waals surface area contributed by atoms with Crippen LogP contribution in [0.2, 0.25) is 0 Å². The number of imidazole rings is 1. The van der Waals surface area contributed by atoms with Crippen LogP contribution in [0.25, 0.3) is 0 Å². The molecule has 0 bridgehead atoms. The number of halogens is 3. The Hall–Kier alpha value is -3.80. The second kappa shape index (κ2) is 10.9. The molecule has 2 aromatic carbocycles. The van der Waals surface area contributed by atoms with Gasteiger partial charge < -0.3 is 24.3 Å². The standard InChI is InChI=1S/C26H27F3N4O5/c27-26(28,29)38-22-7-3-19(4-8-22)20-9-12-31(13-10-20)15-18-1-5-21(6-2-18)36-17-23-11-14-32-16-24(33(34)35)30-25(32)37-23/h1-8,16,20,23H,9-15,17H2. The van der Waals surface area contributed by atoms with Crippen LogP contribution in [0.4, 0.5) is 19.0 Å². The maximum absolute atomic E-state index is 12.4. The van der Waals surface area contributed by atoms with E-state index >= 15 is 0 Å². The number of hydrogen-bond donors (Lipinski definition) is 0. The van der Waals surface area contributed by atoms with Crippen molar-refractivity contribution in [2.75, 3.05) is 19.7 Å². The summed E-state index contributed by atoms with van der Waals surface area (Å²) < 4.78 is 54.3. The molecular weight excluding hydrogens is 505 g/mol. The van der Waals surface area contributed by atoms with Gasteiger partial charge in [-0.1, -0.05) is 24.3 Å². The molecule has 2 aliphatic heterocycles. The van der Waals surface area contributed by atoms with Crippen LogP contribution in [0.1, 0.15) is 36.3 Å². The number of fused-ring (bicyclic) bond motifs is 1. The molecule has 1 unspecified atom stereocenters. The Balaban J connectivity index is 1.05. The Morgan fingerprint density at radius 1 is 1.00 bits per heavy atom. The summed E-state index contributed by atoms with van der Waals surface area (Å²) in [6, 6.07) is 14.3. The van der Waals surface area contributed by atoms with Crippen molar-refractivity contribution in [3.63, 3.8) is 0 Å². The van der Waals surface area contributed by atoms with Crippen molar-refractivity contribution in [2.24, 2.45) is 0 Å². The number of alkyl halides is 3. The van der Waals surface area contributed by atoms with E-state index in [-0.39, 0.29) is 23.7 Å². The van der Waals surface area contributed by atoms with Gasteiger partial charge >= 0.3 is 18.2 Å². The molecule has 202 valence electrons. The molecule has 38 heavy (non-hydrogen) atoms. The van der Waals surface area contributed by atoms with Crippen molar-refractivity contribution in [2.45, 2.75) is 50.7 Å². The number of ether oxygens (including phenoxy) is 3. The van der Waals surface area contributed by atoms with Crippen LogP contribution in [0.5, 0.6) is 17.5 Å². The van der Waals surface area contributed by atoms with E-state index in [1.54, 1.807) is 16.7 Å². The molecule has 1 atom stereocenters. The van der Waals surface area contributed by atoms with Crippen LogP contribution in [-0.2, 0) is 13.1 Å². The van der Waals surface area contributed by atoms with E-state index in [4.69, 9.17) is 9.47 Å². The van der Waals surface area contributed by atoms with Crippen LogP contribution in [-0.4, -0.2) is 51.5 Å². The molecule has 12 heteroatoms. The van der Waals surface area contributed by atoms with Gasteiger partial charge in [0, 0.05) is 24.5 Å². The predicted molar refractivity (Wildman–Crippen MR) is 130 cm³/mol. The monoisotopic (exact) mass is 532 g/mol. The zero-order chi connectivity index (χ0) is 26.7. The number of hydrogen-bond acceptors (Lipinski definition) is 7. The highest BCUT2D eigenvalue weighted by Crippen LogP contribution is 2.31. The first-order chi connectivity index (χ1) is 18.2. The number of aryl methyl sites for hydroxylation is 1. The Morgan fingerprint density at radius 3 is 2.34 bits per heavy atom. The van der Waals surface area contributed by atoms with E-state index in [1.807, 2.05) is 24.3 Å². The maximum atomic E-state index is 12.4.